The molecule has 134 valence electrons. The van der Waals surface area contributed by atoms with Gasteiger partial charge in [0.25, 0.3) is 0 Å². The molecule has 0 radical (unpaired) electrons. The van der Waals surface area contributed by atoms with Gasteiger partial charge in [-0.1, -0.05) is 16.8 Å². The third-order valence-corrected chi connectivity index (χ3v) is 5.51. The molecule has 0 saturated heterocycles. The van der Waals surface area contributed by atoms with Crippen LogP contribution in [0.2, 0.25) is 5.02 Å². The van der Waals surface area contributed by atoms with Crippen molar-refractivity contribution >= 4 is 27.7 Å². The van der Waals surface area contributed by atoms with Gasteiger partial charge < -0.3 is 14.2 Å². The Morgan fingerprint density at radius 3 is 2.52 bits per heavy atom. The molecule has 1 unspecified atom stereocenters. The number of nitrogens with zero attached hydrogens (tertiary/aromatic N) is 3. The predicted molar refractivity (Wildman–Crippen MR) is 103 cm³/mol. The van der Waals surface area contributed by atoms with Crippen molar-refractivity contribution in [3.8, 4) is 16.9 Å². The van der Waals surface area contributed by atoms with E-state index in [1.807, 2.05) is 43.2 Å². The first-order valence-corrected chi connectivity index (χ1v) is 9.10. The molecule has 0 amide bonds. The molecule has 0 spiro atoms. The van der Waals surface area contributed by atoms with Gasteiger partial charge in [-0.3, -0.25) is 3.93 Å². The van der Waals surface area contributed by atoms with Gasteiger partial charge in [-0.15, -0.1) is 0 Å². The Hall–Kier alpha value is -1.66. The third-order valence-electron chi connectivity index (χ3n) is 4.66. The van der Waals surface area contributed by atoms with Crippen LogP contribution in [0, 0.1) is 20.8 Å². The highest BCUT2D eigenvalue weighted by Gasteiger charge is 2.27. The van der Waals surface area contributed by atoms with Crippen molar-refractivity contribution in [2.24, 2.45) is 0 Å². The summed E-state index contributed by atoms with van der Waals surface area (Å²) in [5, 5.41) is 4.80. The Morgan fingerprint density at radius 2 is 2.00 bits per heavy atom. The molecule has 1 aliphatic heterocycles. The van der Waals surface area contributed by atoms with Crippen LogP contribution >= 0.6 is 27.7 Å². The van der Waals surface area contributed by atoms with E-state index in [1.165, 1.54) is 0 Å². The number of rotatable bonds is 4. The monoisotopic (exact) mass is 425 g/mol. The van der Waals surface area contributed by atoms with Crippen LogP contribution in [0.5, 0.6) is 5.75 Å². The lowest BCUT2D eigenvalue weighted by molar-refractivity contribution is 0.275. The van der Waals surface area contributed by atoms with Crippen molar-refractivity contribution in [1.29, 1.82) is 0 Å². The van der Waals surface area contributed by atoms with Gasteiger partial charge >= 0.3 is 0 Å². The summed E-state index contributed by atoms with van der Waals surface area (Å²) >= 11 is 10.1. The van der Waals surface area contributed by atoms with Gasteiger partial charge in [0.05, 0.1) is 40.6 Å². The fourth-order valence-electron chi connectivity index (χ4n) is 3.25. The second kappa shape index (κ2) is 6.92. The quantitative estimate of drug-likeness (QED) is 0.617. The van der Waals surface area contributed by atoms with Gasteiger partial charge in [0, 0.05) is 28.5 Å². The molecule has 25 heavy (non-hydrogen) atoms. The Kier molecular flexibility index (Phi) is 5.02. The predicted octanol–water partition coefficient (Wildman–Crippen LogP) is 5.35. The van der Waals surface area contributed by atoms with Crippen LogP contribution < -0.4 is 4.74 Å². The number of halogens is 2. The first kappa shape index (κ1) is 18.1. The first-order chi connectivity index (χ1) is 11.8. The SMILES string of the molecule is COc1c(C(C)N2C=CN(Br)C2)cc(Cl)c(C)c1-c1c(C)noc1C. The normalized spacial score (nSPS) is 15.2. The maximum atomic E-state index is 6.59. The molecule has 0 aliphatic carbocycles. The van der Waals surface area contributed by atoms with E-state index < -0.39 is 0 Å². The largest absolute Gasteiger partial charge is 0.496 e. The highest BCUT2D eigenvalue weighted by atomic mass is 79.9. The minimum absolute atomic E-state index is 0.0890. The molecule has 2 aromatic rings. The van der Waals surface area contributed by atoms with Gasteiger partial charge in [-0.2, -0.15) is 0 Å². The molecule has 1 aromatic carbocycles. The second-order valence-corrected chi connectivity index (χ2v) is 7.53. The van der Waals surface area contributed by atoms with E-state index in [0.29, 0.717) is 5.02 Å². The number of aromatic nitrogens is 1. The van der Waals surface area contributed by atoms with Crippen molar-refractivity contribution in [2.45, 2.75) is 33.7 Å². The van der Waals surface area contributed by atoms with Crippen molar-refractivity contribution in [1.82, 2.24) is 14.0 Å². The molecule has 7 heteroatoms. The van der Waals surface area contributed by atoms with Crippen LogP contribution in [0.4, 0.5) is 0 Å². The number of hydrogen-bond donors (Lipinski definition) is 0. The summed E-state index contributed by atoms with van der Waals surface area (Å²) in [5.41, 5.74) is 4.72. The van der Waals surface area contributed by atoms with E-state index in [2.05, 4.69) is 33.1 Å². The molecule has 3 rings (SSSR count). The van der Waals surface area contributed by atoms with Crippen LogP contribution in [0.25, 0.3) is 11.1 Å². The average molecular weight is 427 g/mol. The first-order valence-electron chi connectivity index (χ1n) is 8.01. The molecular formula is C18H21BrClN3O2. The lowest BCUT2D eigenvalue weighted by Gasteiger charge is -2.28. The maximum absolute atomic E-state index is 6.59. The van der Waals surface area contributed by atoms with E-state index in [9.17, 15) is 0 Å². The smallest absolute Gasteiger partial charge is 0.141 e. The van der Waals surface area contributed by atoms with Crippen LogP contribution in [0.15, 0.2) is 23.0 Å². The summed E-state index contributed by atoms with van der Waals surface area (Å²) in [5.74, 6) is 1.57. The zero-order valence-electron chi connectivity index (χ0n) is 14.9. The molecule has 1 aromatic heterocycles. The Morgan fingerprint density at radius 1 is 1.28 bits per heavy atom. The molecule has 0 saturated carbocycles. The van der Waals surface area contributed by atoms with E-state index in [0.717, 1.165) is 46.1 Å². The molecule has 1 atom stereocenters. The van der Waals surface area contributed by atoms with Crippen LogP contribution in [-0.2, 0) is 0 Å². The van der Waals surface area contributed by atoms with E-state index in [-0.39, 0.29) is 6.04 Å². The molecule has 5 nitrogen and oxygen atoms in total. The van der Waals surface area contributed by atoms with Crippen molar-refractivity contribution in [3.63, 3.8) is 0 Å². The molecule has 0 N–H and O–H groups in total. The van der Waals surface area contributed by atoms with Gasteiger partial charge in [0.2, 0.25) is 0 Å². The Bertz CT molecular complexity index is 815. The molecule has 0 bridgehead atoms. The maximum Gasteiger partial charge on any atom is 0.141 e. The molecule has 1 aliphatic rings. The van der Waals surface area contributed by atoms with Crippen molar-refractivity contribution < 1.29 is 9.26 Å². The number of benzene rings is 1. The third kappa shape index (κ3) is 3.13. The number of methoxy groups -OCH3 is 1. The fourth-order valence-corrected chi connectivity index (χ4v) is 3.83. The van der Waals surface area contributed by atoms with Gasteiger partial charge in [0.15, 0.2) is 0 Å². The summed E-state index contributed by atoms with van der Waals surface area (Å²) in [6, 6.07) is 2.08. The number of aryl methyl sites for hydroxylation is 2. The summed E-state index contributed by atoms with van der Waals surface area (Å²) in [7, 11) is 1.69. The lowest BCUT2D eigenvalue weighted by atomic mass is 9.92. The minimum atomic E-state index is 0.0890. The zero-order valence-corrected chi connectivity index (χ0v) is 17.3. The summed E-state index contributed by atoms with van der Waals surface area (Å²) in [6.45, 7) is 8.72. The Balaban J connectivity index is 2.20. The van der Waals surface area contributed by atoms with Crippen molar-refractivity contribution in [3.05, 3.63) is 46.1 Å². The topological polar surface area (TPSA) is 41.7 Å². The summed E-state index contributed by atoms with van der Waals surface area (Å²) < 4.78 is 13.2. The van der Waals surface area contributed by atoms with E-state index in [4.69, 9.17) is 20.9 Å². The summed E-state index contributed by atoms with van der Waals surface area (Å²) in [4.78, 5) is 2.20. The standard InChI is InChI=1S/C18H21BrClN3O2/c1-10-15(20)8-14(12(3)22-6-7-23(19)9-22)18(24-5)16(10)17-11(2)21-25-13(17)4/h6-8,12H,9H2,1-5H3. The second-order valence-electron chi connectivity index (χ2n) is 6.21. The van der Waals surface area contributed by atoms with Crippen LogP contribution in [0.1, 0.15) is 35.5 Å². The molecule has 2 heterocycles. The van der Waals surface area contributed by atoms with E-state index >= 15 is 0 Å². The van der Waals surface area contributed by atoms with Crippen molar-refractivity contribution in [2.75, 3.05) is 13.8 Å². The zero-order chi connectivity index (χ0) is 18.3. The highest BCUT2D eigenvalue weighted by molar-refractivity contribution is 9.07. The van der Waals surface area contributed by atoms with Gasteiger partial charge in [-0.25, -0.2) is 0 Å². The number of ether oxygens (including phenoxy) is 1. The van der Waals surface area contributed by atoms with Crippen LogP contribution in [0.3, 0.4) is 0 Å². The average Bonchev–Trinajstić information content (AvgIpc) is 3.15. The molecular weight excluding hydrogens is 406 g/mol. The highest BCUT2D eigenvalue weighted by Crippen LogP contribution is 2.45. The van der Waals surface area contributed by atoms with E-state index in [1.54, 1.807) is 7.11 Å². The Labute approximate surface area is 161 Å². The van der Waals surface area contributed by atoms with Gasteiger partial charge in [0.1, 0.15) is 18.2 Å². The fraction of sp³-hybridized carbons (Fsp3) is 0.389. The van der Waals surface area contributed by atoms with Gasteiger partial charge in [-0.05, 0) is 39.3 Å². The minimum Gasteiger partial charge on any atom is -0.496 e. The lowest BCUT2D eigenvalue weighted by Crippen LogP contribution is -2.23. The summed E-state index contributed by atoms with van der Waals surface area (Å²) in [6.07, 6.45) is 4.02. The molecule has 0 fully saturated rings. The number of hydrogen-bond acceptors (Lipinski definition) is 5. The van der Waals surface area contributed by atoms with Crippen LogP contribution in [-0.4, -0.2) is 27.8 Å².